The lowest BCUT2D eigenvalue weighted by Gasteiger charge is -2.24. The first-order valence-corrected chi connectivity index (χ1v) is 20.1. The van der Waals surface area contributed by atoms with E-state index in [1.54, 1.807) is 12.1 Å². The molecule has 4 heterocycles. The van der Waals surface area contributed by atoms with E-state index in [0.29, 0.717) is 11.4 Å². The lowest BCUT2D eigenvalue weighted by molar-refractivity contribution is -0.137. The van der Waals surface area contributed by atoms with Gasteiger partial charge in [-0.05, 0) is 48.5 Å². The summed E-state index contributed by atoms with van der Waals surface area (Å²) in [6, 6.07) is 49.9. The average Bonchev–Trinajstić information content (AvgIpc) is 4.00. The fourth-order valence-electron chi connectivity index (χ4n) is 10.3. The van der Waals surface area contributed by atoms with Gasteiger partial charge in [0.15, 0.2) is 5.69 Å². The fraction of sp³-hybridized carbons (Fsp3) is 0.0566. The molecular formula is C53H31F3N6. The molecule has 9 heteroatoms. The summed E-state index contributed by atoms with van der Waals surface area (Å²) < 4.78 is 55.6. The van der Waals surface area contributed by atoms with Crippen molar-refractivity contribution in [1.29, 1.82) is 5.26 Å². The zero-order valence-electron chi connectivity index (χ0n) is 33.3. The van der Waals surface area contributed by atoms with Crippen LogP contribution in [0.2, 0.25) is 0 Å². The lowest BCUT2D eigenvalue weighted by Crippen LogP contribution is -2.11. The van der Waals surface area contributed by atoms with Crippen molar-refractivity contribution in [2.45, 2.75) is 6.18 Å². The molecule has 0 amide bonds. The van der Waals surface area contributed by atoms with Gasteiger partial charge < -0.3 is 18.3 Å². The molecule has 0 radical (unpaired) electrons. The highest BCUT2D eigenvalue weighted by molar-refractivity contribution is 6.27. The molecule has 12 rings (SSSR count). The van der Waals surface area contributed by atoms with Crippen molar-refractivity contribution >= 4 is 92.9 Å². The number of hydrogen-bond acceptors (Lipinski definition) is 1. The normalized spacial score (nSPS) is 12.2. The Labute approximate surface area is 351 Å². The van der Waals surface area contributed by atoms with Crippen LogP contribution in [0, 0.1) is 17.9 Å². The fourth-order valence-corrected chi connectivity index (χ4v) is 10.3. The minimum atomic E-state index is -4.84. The molecule has 0 aliphatic carbocycles. The number of nitrogens with zero attached hydrogens (tertiary/aromatic N) is 6. The summed E-state index contributed by atoms with van der Waals surface area (Å²) >= 11 is 0. The Hall–Kier alpha value is -8.27. The van der Waals surface area contributed by atoms with E-state index >= 15 is 13.2 Å². The second-order valence-electron chi connectivity index (χ2n) is 15.9. The monoisotopic (exact) mass is 808 g/mol. The van der Waals surface area contributed by atoms with Gasteiger partial charge in [-0.2, -0.15) is 18.4 Å². The predicted molar refractivity (Wildman–Crippen MR) is 245 cm³/mol. The topological polar surface area (TPSA) is 47.9 Å². The van der Waals surface area contributed by atoms with E-state index in [1.807, 2.05) is 96.0 Å². The number of hydrogen-bond donors (Lipinski definition) is 0. The number of nitriles is 1. The summed E-state index contributed by atoms with van der Waals surface area (Å²) in [7, 11) is 4.03. The van der Waals surface area contributed by atoms with E-state index in [-0.39, 0.29) is 22.4 Å². The molecule has 6 nitrogen and oxygen atoms in total. The molecule has 294 valence electrons. The highest BCUT2D eigenvalue weighted by Gasteiger charge is 2.37. The van der Waals surface area contributed by atoms with Crippen molar-refractivity contribution in [1.82, 2.24) is 18.3 Å². The number of fused-ring (bicyclic) bond motifs is 14. The Morgan fingerprint density at radius 2 is 0.952 bits per heavy atom. The molecule has 62 heavy (non-hydrogen) atoms. The first-order valence-electron chi connectivity index (χ1n) is 20.1. The maximum absolute atomic E-state index is 15.8. The molecule has 4 aromatic heterocycles. The molecule has 0 fully saturated rings. The molecule has 0 bridgehead atoms. The van der Waals surface area contributed by atoms with Crippen LogP contribution in [0.25, 0.3) is 115 Å². The minimum Gasteiger partial charge on any atom is -0.344 e. The Balaban J connectivity index is 1.39. The molecule has 0 aliphatic rings. The number of benzene rings is 8. The summed E-state index contributed by atoms with van der Waals surface area (Å²) in [6.07, 6.45) is -4.84. The van der Waals surface area contributed by atoms with Crippen molar-refractivity contribution in [2.75, 3.05) is 0 Å². The third-order valence-corrected chi connectivity index (χ3v) is 12.8. The van der Waals surface area contributed by atoms with Gasteiger partial charge in [0.2, 0.25) is 0 Å². The SMILES string of the molecule is [C-]#[N+]c1cccc(C(F)(F)F)c1-c1c(-n2c3ccccc3c3ccc4c(c5ccccc5n4C)c32)cc(C#N)cc1-n1c2ccccc2c2ccc3c(c4ccccc4n3C)c21. The Kier molecular flexibility index (Phi) is 7.26. The molecule has 0 spiro atoms. The Bertz CT molecular complexity index is 3810. The first kappa shape index (κ1) is 35.7. The highest BCUT2D eigenvalue weighted by atomic mass is 19.4. The maximum Gasteiger partial charge on any atom is 0.415 e. The number of rotatable bonds is 3. The van der Waals surface area contributed by atoms with E-state index in [2.05, 4.69) is 68.6 Å². The Morgan fingerprint density at radius 1 is 0.500 bits per heavy atom. The van der Waals surface area contributed by atoms with Crippen molar-refractivity contribution in [2.24, 2.45) is 14.1 Å². The third kappa shape index (κ3) is 4.62. The van der Waals surface area contributed by atoms with Crippen molar-refractivity contribution in [3.8, 4) is 28.6 Å². The second-order valence-corrected chi connectivity index (χ2v) is 15.9. The summed E-state index contributed by atoms with van der Waals surface area (Å²) in [6.45, 7) is 8.42. The molecular weight excluding hydrogens is 778 g/mol. The van der Waals surface area contributed by atoms with E-state index in [9.17, 15) is 5.26 Å². The summed E-state index contributed by atoms with van der Waals surface area (Å²) in [5.74, 6) is 0. The molecule has 0 unspecified atom stereocenters. The summed E-state index contributed by atoms with van der Waals surface area (Å²) in [5, 5.41) is 18.4. The van der Waals surface area contributed by atoms with Gasteiger partial charge in [0.1, 0.15) is 0 Å². The molecule has 0 aliphatic heterocycles. The van der Waals surface area contributed by atoms with Crippen LogP contribution in [-0.4, -0.2) is 18.3 Å². The average molecular weight is 809 g/mol. The number of alkyl halides is 3. The third-order valence-electron chi connectivity index (χ3n) is 12.8. The quantitative estimate of drug-likeness (QED) is 0.164. The van der Waals surface area contributed by atoms with Crippen molar-refractivity contribution in [3.63, 3.8) is 0 Å². The number of halogens is 3. The number of para-hydroxylation sites is 4. The van der Waals surface area contributed by atoms with Gasteiger partial charge in [0.25, 0.3) is 0 Å². The maximum atomic E-state index is 15.8. The zero-order valence-corrected chi connectivity index (χ0v) is 33.3. The van der Waals surface area contributed by atoms with Crippen LogP contribution in [0.4, 0.5) is 18.9 Å². The largest absolute Gasteiger partial charge is 0.415 e. The standard InChI is InChI=1S/C53H31F3N6/c1-58-38-18-12-17-37(53(54,55)56)49(38)50-45(61-41-21-10-4-13-31(41)33-23-25-43-47(51(33)61)35-15-6-8-19-39(35)59(43)2)27-30(29-57)28-46(50)62-42-22-11-5-14-32(42)34-24-26-44-48(52(34)62)36-16-7-9-20-40(36)60(44)3/h4-28H,2-3H3. The second kappa shape index (κ2) is 12.6. The molecule has 0 N–H and O–H groups in total. The molecule has 12 aromatic rings. The van der Waals surface area contributed by atoms with Crippen LogP contribution < -0.4 is 0 Å². The van der Waals surface area contributed by atoms with Gasteiger partial charge in [0.05, 0.1) is 68.2 Å². The minimum absolute atomic E-state index is 0.154. The van der Waals surface area contributed by atoms with Crippen LogP contribution >= 0.6 is 0 Å². The van der Waals surface area contributed by atoms with Gasteiger partial charge in [-0.25, -0.2) is 4.85 Å². The van der Waals surface area contributed by atoms with Crippen LogP contribution in [0.15, 0.2) is 152 Å². The van der Waals surface area contributed by atoms with Gasteiger partial charge in [-0.1, -0.05) is 103 Å². The van der Waals surface area contributed by atoms with Crippen LogP contribution in [-0.2, 0) is 20.3 Å². The number of aromatic nitrogens is 4. The molecule has 0 atom stereocenters. The summed E-state index contributed by atoms with van der Waals surface area (Å²) in [4.78, 5) is 3.81. The smallest absolute Gasteiger partial charge is 0.344 e. The highest BCUT2D eigenvalue weighted by Crippen LogP contribution is 2.51. The van der Waals surface area contributed by atoms with E-state index in [0.717, 1.165) is 93.3 Å². The molecule has 0 saturated heterocycles. The van der Waals surface area contributed by atoms with Gasteiger partial charge in [-0.15, -0.1) is 0 Å². The van der Waals surface area contributed by atoms with Crippen LogP contribution in [0.3, 0.4) is 0 Å². The van der Waals surface area contributed by atoms with Crippen LogP contribution in [0.1, 0.15) is 11.1 Å². The van der Waals surface area contributed by atoms with Crippen molar-refractivity contribution in [3.05, 3.63) is 174 Å². The van der Waals surface area contributed by atoms with E-state index < -0.39 is 11.7 Å². The van der Waals surface area contributed by atoms with Gasteiger partial charge >= 0.3 is 6.18 Å². The predicted octanol–water partition coefficient (Wildman–Crippen LogP) is 14.3. The lowest BCUT2D eigenvalue weighted by atomic mass is 9.92. The van der Waals surface area contributed by atoms with E-state index in [1.165, 1.54) is 12.1 Å². The Morgan fingerprint density at radius 3 is 1.40 bits per heavy atom. The summed E-state index contributed by atoms with van der Waals surface area (Å²) in [5.41, 5.74) is 6.75. The molecule has 8 aromatic carbocycles. The van der Waals surface area contributed by atoms with Gasteiger partial charge in [-0.3, -0.25) is 0 Å². The first-order chi connectivity index (χ1) is 30.2. The van der Waals surface area contributed by atoms with E-state index in [4.69, 9.17) is 6.57 Å². The number of aryl methyl sites for hydroxylation is 2. The molecule has 0 saturated carbocycles. The zero-order chi connectivity index (χ0) is 42.2. The van der Waals surface area contributed by atoms with Crippen LogP contribution in [0.5, 0.6) is 0 Å². The van der Waals surface area contributed by atoms with Crippen molar-refractivity contribution < 1.29 is 13.2 Å². The van der Waals surface area contributed by atoms with Gasteiger partial charge in [0, 0.05) is 79.3 Å².